The molecule has 4 nitrogen and oxygen atoms in total. The van der Waals surface area contributed by atoms with Crippen molar-refractivity contribution in [3.05, 3.63) is 88.2 Å². The fourth-order valence-electron chi connectivity index (χ4n) is 4.68. The van der Waals surface area contributed by atoms with E-state index in [0.717, 1.165) is 42.7 Å². The van der Waals surface area contributed by atoms with Crippen LogP contribution in [0, 0.1) is 5.82 Å². The highest BCUT2D eigenvalue weighted by Gasteiger charge is 2.47. The largest absolute Gasteiger partial charge is 0.441 e. The third kappa shape index (κ3) is 4.58. The van der Waals surface area contributed by atoms with E-state index in [4.69, 9.17) is 27.9 Å². The molecule has 0 unspecified atom stereocenters. The normalized spacial score (nSPS) is 18.0. The summed E-state index contributed by atoms with van der Waals surface area (Å²) in [6.07, 6.45) is 1.28. The van der Waals surface area contributed by atoms with Gasteiger partial charge in [0.05, 0.1) is 16.6 Å². The summed E-state index contributed by atoms with van der Waals surface area (Å²) in [5.41, 5.74) is 2.93. The van der Waals surface area contributed by atoms with Crippen molar-refractivity contribution >= 4 is 35.0 Å². The summed E-state index contributed by atoms with van der Waals surface area (Å²) in [5, 5.41) is 1.08. The zero-order valence-electron chi connectivity index (χ0n) is 17.9. The maximum atomic E-state index is 13.3. The number of piperidine rings is 1. The van der Waals surface area contributed by atoms with Crippen molar-refractivity contribution in [3.8, 4) is 11.1 Å². The first-order valence-corrected chi connectivity index (χ1v) is 11.7. The number of anilines is 1. The molecule has 2 aliphatic heterocycles. The van der Waals surface area contributed by atoms with E-state index in [1.807, 2.05) is 42.5 Å². The lowest BCUT2D eigenvalue weighted by atomic mass is 9.91. The molecule has 33 heavy (non-hydrogen) atoms. The molecule has 2 aliphatic rings. The summed E-state index contributed by atoms with van der Waals surface area (Å²) in [6.45, 7) is 2.90. The summed E-state index contributed by atoms with van der Waals surface area (Å²) in [4.78, 5) is 16.6. The van der Waals surface area contributed by atoms with Gasteiger partial charge in [-0.05, 0) is 47.5 Å². The standard InChI is InChI=1S/C26H23Cl2FN2O2/c27-22-14-18(15-23(28)24(22)19-6-8-20(29)9-7-19)16-30-12-10-26(11-13-30)17-31(25(32)33-26)21-4-2-1-3-5-21/h1-9,14-15H,10-13,16-17H2. The number of halogens is 3. The van der Waals surface area contributed by atoms with Crippen LogP contribution in [0.1, 0.15) is 18.4 Å². The summed E-state index contributed by atoms with van der Waals surface area (Å²) in [7, 11) is 0. The van der Waals surface area contributed by atoms with Gasteiger partial charge in [-0.3, -0.25) is 9.80 Å². The van der Waals surface area contributed by atoms with Crippen LogP contribution in [0.5, 0.6) is 0 Å². The third-order valence-corrected chi connectivity index (χ3v) is 7.04. The topological polar surface area (TPSA) is 32.8 Å². The van der Waals surface area contributed by atoms with Gasteiger partial charge < -0.3 is 4.74 Å². The van der Waals surface area contributed by atoms with E-state index in [-0.39, 0.29) is 11.9 Å². The maximum Gasteiger partial charge on any atom is 0.415 e. The molecule has 170 valence electrons. The second kappa shape index (κ2) is 8.98. The van der Waals surface area contributed by atoms with Gasteiger partial charge in [-0.25, -0.2) is 9.18 Å². The van der Waals surface area contributed by atoms with Gasteiger partial charge in [0.1, 0.15) is 11.4 Å². The molecule has 1 spiro atoms. The van der Waals surface area contributed by atoms with Crippen molar-refractivity contribution < 1.29 is 13.9 Å². The quantitative estimate of drug-likeness (QED) is 0.408. The van der Waals surface area contributed by atoms with Crippen LogP contribution in [-0.2, 0) is 11.3 Å². The number of hydrogen-bond donors (Lipinski definition) is 0. The summed E-state index contributed by atoms with van der Waals surface area (Å²) in [5.74, 6) is -0.301. The van der Waals surface area contributed by atoms with Crippen molar-refractivity contribution in [2.75, 3.05) is 24.5 Å². The lowest BCUT2D eigenvalue weighted by Gasteiger charge is -2.37. The van der Waals surface area contributed by atoms with Gasteiger partial charge >= 0.3 is 6.09 Å². The Labute approximate surface area is 202 Å². The minimum atomic E-state index is -0.439. The van der Waals surface area contributed by atoms with Crippen LogP contribution in [0.25, 0.3) is 11.1 Å². The van der Waals surface area contributed by atoms with Crippen LogP contribution < -0.4 is 4.90 Å². The Hall–Kier alpha value is -2.60. The number of carbonyl (C=O) groups excluding carboxylic acids is 1. The van der Waals surface area contributed by atoms with Gasteiger partial charge in [0.25, 0.3) is 0 Å². The molecule has 0 N–H and O–H groups in total. The molecule has 0 bridgehead atoms. The SMILES string of the molecule is O=C1OC2(CCN(Cc3cc(Cl)c(-c4ccc(F)cc4)c(Cl)c3)CC2)CN1c1ccccc1. The Kier molecular flexibility index (Phi) is 6.04. The molecular formula is C26H23Cl2FN2O2. The molecule has 3 aromatic carbocycles. The summed E-state index contributed by atoms with van der Waals surface area (Å²) in [6, 6.07) is 19.6. The highest BCUT2D eigenvalue weighted by atomic mass is 35.5. The number of para-hydroxylation sites is 1. The molecule has 1 amide bonds. The van der Waals surface area contributed by atoms with Crippen LogP contribution in [0.2, 0.25) is 10.0 Å². The van der Waals surface area contributed by atoms with Crippen molar-refractivity contribution in [3.63, 3.8) is 0 Å². The average Bonchev–Trinajstić information content (AvgIpc) is 3.13. The fourth-order valence-corrected chi connectivity index (χ4v) is 5.43. The lowest BCUT2D eigenvalue weighted by Crippen LogP contribution is -2.46. The minimum Gasteiger partial charge on any atom is -0.441 e. The van der Waals surface area contributed by atoms with Gasteiger partial charge in [0.2, 0.25) is 0 Å². The number of hydrogen-bond acceptors (Lipinski definition) is 3. The molecule has 7 heteroatoms. The first-order valence-electron chi connectivity index (χ1n) is 10.9. The second-order valence-corrected chi connectivity index (χ2v) is 9.50. The van der Waals surface area contributed by atoms with Crippen LogP contribution in [0.4, 0.5) is 14.9 Å². The molecule has 0 radical (unpaired) electrons. The molecular weight excluding hydrogens is 462 g/mol. The maximum absolute atomic E-state index is 13.3. The van der Waals surface area contributed by atoms with Crippen LogP contribution in [0.15, 0.2) is 66.7 Å². The van der Waals surface area contributed by atoms with E-state index in [9.17, 15) is 9.18 Å². The fraction of sp³-hybridized carbons (Fsp3) is 0.269. The molecule has 0 aliphatic carbocycles. The summed E-state index contributed by atoms with van der Waals surface area (Å²) >= 11 is 13.1. The molecule has 2 heterocycles. The van der Waals surface area contributed by atoms with Gasteiger partial charge in [-0.1, -0.05) is 53.5 Å². The Morgan fingerprint density at radius 1 is 0.939 bits per heavy atom. The number of benzene rings is 3. The molecule has 0 saturated carbocycles. The lowest BCUT2D eigenvalue weighted by molar-refractivity contribution is -0.000970. The number of amides is 1. The van der Waals surface area contributed by atoms with E-state index in [1.54, 1.807) is 17.0 Å². The number of carbonyl (C=O) groups is 1. The zero-order chi connectivity index (χ0) is 23.0. The molecule has 0 aromatic heterocycles. The third-order valence-electron chi connectivity index (χ3n) is 6.45. The first kappa shape index (κ1) is 22.2. The molecule has 0 atom stereocenters. The predicted molar refractivity (Wildman–Crippen MR) is 129 cm³/mol. The Morgan fingerprint density at radius 3 is 2.21 bits per heavy atom. The first-order chi connectivity index (χ1) is 15.9. The van der Waals surface area contributed by atoms with E-state index in [1.165, 1.54) is 12.1 Å². The highest BCUT2D eigenvalue weighted by molar-refractivity contribution is 6.39. The van der Waals surface area contributed by atoms with Gasteiger partial charge in [-0.15, -0.1) is 0 Å². The summed E-state index contributed by atoms with van der Waals surface area (Å²) < 4.78 is 19.1. The smallest absolute Gasteiger partial charge is 0.415 e. The predicted octanol–water partition coefficient (Wildman–Crippen LogP) is 6.79. The Morgan fingerprint density at radius 2 is 1.58 bits per heavy atom. The zero-order valence-corrected chi connectivity index (χ0v) is 19.5. The Balaban J connectivity index is 1.24. The molecule has 3 aromatic rings. The Bertz CT molecular complexity index is 1140. The van der Waals surface area contributed by atoms with Crippen LogP contribution >= 0.6 is 23.2 Å². The number of likely N-dealkylation sites (tertiary alicyclic amines) is 1. The number of rotatable bonds is 4. The van der Waals surface area contributed by atoms with Crippen molar-refractivity contribution in [2.45, 2.75) is 25.0 Å². The van der Waals surface area contributed by atoms with E-state index < -0.39 is 5.60 Å². The van der Waals surface area contributed by atoms with E-state index >= 15 is 0 Å². The van der Waals surface area contributed by atoms with Crippen LogP contribution in [0.3, 0.4) is 0 Å². The van der Waals surface area contributed by atoms with Crippen molar-refractivity contribution in [2.24, 2.45) is 0 Å². The second-order valence-electron chi connectivity index (χ2n) is 8.69. The average molecular weight is 485 g/mol. The minimum absolute atomic E-state index is 0.274. The van der Waals surface area contributed by atoms with Crippen molar-refractivity contribution in [1.82, 2.24) is 4.90 Å². The van der Waals surface area contributed by atoms with Gasteiger partial charge in [-0.2, -0.15) is 0 Å². The number of nitrogens with zero attached hydrogens (tertiary/aromatic N) is 2. The highest BCUT2D eigenvalue weighted by Crippen LogP contribution is 2.38. The van der Waals surface area contributed by atoms with Gasteiger partial charge in [0.15, 0.2) is 0 Å². The van der Waals surface area contributed by atoms with E-state index in [0.29, 0.717) is 28.7 Å². The van der Waals surface area contributed by atoms with Crippen LogP contribution in [-0.4, -0.2) is 36.2 Å². The molecule has 2 saturated heterocycles. The van der Waals surface area contributed by atoms with Gasteiger partial charge in [0, 0.05) is 43.7 Å². The number of ether oxygens (including phenoxy) is 1. The monoisotopic (exact) mass is 484 g/mol. The molecule has 2 fully saturated rings. The van der Waals surface area contributed by atoms with E-state index in [2.05, 4.69) is 4.90 Å². The van der Waals surface area contributed by atoms with Crippen molar-refractivity contribution in [1.29, 1.82) is 0 Å². The molecule has 5 rings (SSSR count).